The highest BCUT2D eigenvalue weighted by Crippen LogP contribution is 2.41. The topological polar surface area (TPSA) is 46.5 Å². The number of hydrogen-bond donors (Lipinski definition) is 1. The number of methoxy groups -OCH3 is 1. The third kappa shape index (κ3) is 3.30. The largest absolute Gasteiger partial charge is 0.466 e. The summed E-state index contributed by atoms with van der Waals surface area (Å²) in [7, 11) is 1.39. The van der Waals surface area contributed by atoms with Crippen LogP contribution in [0.1, 0.15) is 31.2 Å². The van der Waals surface area contributed by atoms with E-state index in [-0.39, 0.29) is 18.0 Å². The maximum atomic E-state index is 11.3. The molecule has 0 amide bonds. The van der Waals surface area contributed by atoms with E-state index in [1.54, 1.807) is 6.08 Å². The minimum atomic E-state index is -0.292. The molecule has 1 N–H and O–H groups in total. The predicted molar refractivity (Wildman–Crippen MR) is 81.5 cm³/mol. The Labute approximate surface area is 127 Å². The summed E-state index contributed by atoms with van der Waals surface area (Å²) in [6, 6.07) is 8.14. The number of benzene rings is 1. The number of halogens is 1. The Morgan fingerprint density at radius 1 is 1.35 bits per heavy atom. The lowest BCUT2D eigenvalue weighted by Crippen LogP contribution is -2.33. The van der Waals surface area contributed by atoms with Gasteiger partial charge in [0.2, 0.25) is 0 Å². The third-order valence-corrected chi connectivity index (χ3v) is 4.66. The van der Waals surface area contributed by atoms with Crippen LogP contribution in [-0.4, -0.2) is 24.8 Å². The van der Waals surface area contributed by atoms with Crippen molar-refractivity contribution in [3.63, 3.8) is 0 Å². The molecule has 0 aromatic heterocycles. The average Bonchev–Trinajstić information content (AvgIpc) is 2.49. The first kappa shape index (κ1) is 15.3. The van der Waals surface area contributed by atoms with Gasteiger partial charge in [0.1, 0.15) is 0 Å². The molecule has 0 atom stereocenters. The van der Waals surface area contributed by atoms with E-state index in [9.17, 15) is 9.90 Å². The van der Waals surface area contributed by atoms with Gasteiger partial charge in [0.05, 0.1) is 13.7 Å². The summed E-state index contributed by atoms with van der Waals surface area (Å²) >= 11 is 3.43. The molecule has 1 aliphatic carbocycles. The molecule has 0 radical (unpaired) electrons. The van der Waals surface area contributed by atoms with E-state index in [2.05, 4.69) is 32.8 Å². The highest BCUT2D eigenvalue weighted by atomic mass is 79.9. The molecule has 0 aliphatic heterocycles. The average molecular weight is 339 g/mol. The zero-order valence-electron chi connectivity index (χ0n) is 11.6. The quantitative estimate of drug-likeness (QED) is 0.679. The molecule has 0 heterocycles. The Morgan fingerprint density at radius 3 is 2.45 bits per heavy atom. The van der Waals surface area contributed by atoms with Crippen molar-refractivity contribution in [1.82, 2.24) is 0 Å². The van der Waals surface area contributed by atoms with E-state index in [1.807, 2.05) is 12.1 Å². The van der Waals surface area contributed by atoms with Crippen molar-refractivity contribution in [1.29, 1.82) is 0 Å². The fourth-order valence-electron chi connectivity index (χ4n) is 2.76. The lowest BCUT2D eigenvalue weighted by molar-refractivity contribution is -0.134. The van der Waals surface area contributed by atoms with E-state index in [0.717, 1.165) is 35.7 Å². The van der Waals surface area contributed by atoms with E-state index in [4.69, 9.17) is 0 Å². The molecule has 0 saturated heterocycles. The number of aliphatic hydroxyl groups is 1. The van der Waals surface area contributed by atoms with Crippen LogP contribution in [0.3, 0.4) is 0 Å². The second-order valence-corrected chi connectivity index (χ2v) is 6.19. The van der Waals surface area contributed by atoms with E-state index in [0.29, 0.717) is 0 Å². The Hall–Kier alpha value is -1.13. The molecule has 0 unspecified atom stereocenters. The van der Waals surface area contributed by atoms with Gasteiger partial charge in [0.25, 0.3) is 0 Å². The molecule has 20 heavy (non-hydrogen) atoms. The number of esters is 1. The highest BCUT2D eigenvalue weighted by molar-refractivity contribution is 9.10. The van der Waals surface area contributed by atoms with Crippen LogP contribution < -0.4 is 0 Å². The number of carbonyl (C=O) groups is 1. The molecule has 0 spiro atoms. The Kier molecular flexibility index (Phi) is 5.00. The first-order valence-corrected chi connectivity index (χ1v) is 7.53. The summed E-state index contributed by atoms with van der Waals surface area (Å²) in [5.74, 6) is -0.292. The van der Waals surface area contributed by atoms with Crippen molar-refractivity contribution < 1.29 is 14.6 Å². The maximum absolute atomic E-state index is 11.3. The fourth-order valence-corrected chi connectivity index (χ4v) is 3.03. The molecule has 1 fully saturated rings. The van der Waals surface area contributed by atoms with E-state index in [1.165, 1.54) is 12.7 Å². The van der Waals surface area contributed by atoms with Crippen molar-refractivity contribution in [3.05, 3.63) is 46.0 Å². The molecule has 4 heteroatoms. The number of ether oxygens (including phenoxy) is 1. The SMILES string of the molecule is COC(=O)C=C1CCC(CO)(c2ccc(Br)cc2)CC1. The van der Waals surface area contributed by atoms with Crippen molar-refractivity contribution in [2.45, 2.75) is 31.1 Å². The van der Waals surface area contributed by atoms with Gasteiger partial charge in [0, 0.05) is 16.0 Å². The van der Waals surface area contributed by atoms with Crippen molar-refractivity contribution in [3.8, 4) is 0 Å². The summed E-state index contributed by atoms with van der Waals surface area (Å²) in [6.07, 6.45) is 4.95. The first-order valence-electron chi connectivity index (χ1n) is 6.74. The van der Waals surface area contributed by atoms with Crippen molar-refractivity contribution >= 4 is 21.9 Å². The number of aliphatic hydroxyl groups excluding tert-OH is 1. The second-order valence-electron chi connectivity index (χ2n) is 5.27. The minimum absolute atomic E-state index is 0.139. The molecule has 1 aliphatic rings. The van der Waals surface area contributed by atoms with Gasteiger partial charge >= 0.3 is 5.97 Å². The van der Waals surface area contributed by atoms with Crippen molar-refractivity contribution in [2.75, 3.05) is 13.7 Å². The van der Waals surface area contributed by atoms with Crippen LogP contribution in [0, 0.1) is 0 Å². The van der Waals surface area contributed by atoms with Gasteiger partial charge in [-0.05, 0) is 43.4 Å². The predicted octanol–water partition coefficient (Wildman–Crippen LogP) is 3.35. The molecule has 3 nitrogen and oxygen atoms in total. The van der Waals surface area contributed by atoms with Gasteiger partial charge in [0.15, 0.2) is 0 Å². The lowest BCUT2D eigenvalue weighted by Gasteiger charge is -2.37. The number of hydrogen-bond acceptors (Lipinski definition) is 3. The zero-order chi connectivity index (χ0) is 14.6. The van der Waals surface area contributed by atoms with Crippen LogP contribution in [0.5, 0.6) is 0 Å². The van der Waals surface area contributed by atoms with Gasteiger partial charge in [-0.25, -0.2) is 4.79 Å². The molecular weight excluding hydrogens is 320 g/mol. The summed E-state index contributed by atoms with van der Waals surface area (Å²) in [5.41, 5.74) is 2.09. The molecule has 1 saturated carbocycles. The number of carbonyl (C=O) groups excluding carboxylic acids is 1. The molecular formula is C16H19BrO3. The third-order valence-electron chi connectivity index (χ3n) is 4.13. The van der Waals surface area contributed by atoms with Crippen LogP contribution in [0.4, 0.5) is 0 Å². The van der Waals surface area contributed by atoms with Crippen molar-refractivity contribution in [2.24, 2.45) is 0 Å². The van der Waals surface area contributed by atoms with Crippen LogP contribution in [0.2, 0.25) is 0 Å². The smallest absolute Gasteiger partial charge is 0.330 e. The first-order chi connectivity index (χ1) is 9.59. The van der Waals surface area contributed by atoms with Crippen LogP contribution >= 0.6 is 15.9 Å². The lowest BCUT2D eigenvalue weighted by atomic mass is 9.68. The van der Waals surface area contributed by atoms with Gasteiger partial charge in [-0.3, -0.25) is 0 Å². The van der Waals surface area contributed by atoms with Crippen LogP contribution in [-0.2, 0) is 14.9 Å². The minimum Gasteiger partial charge on any atom is -0.466 e. The summed E-state index contributed by atoms with van der Waals surface area (Å²) in [4.78, 5) is 11.3. The van der Waals surface area contributed by atoms with Gasteiger partial charge in [-0.2, -0.15) is 0 Å². The van der Waals surface area contributed by atoms with Crippen LogP contribution in [0.15, 0.2) is 40.4 Å². The second kappa shape index (κ2) is 6.55. The molecule has 0 bridgehead atoms. The highest BCUT2D eigenvalue weighted by Gasteiger charge is 2.34. The summed E-state index contributed by atoms with van der Waals surface area (Å²) in [6.45, 7) is 0.139. The number of rotatable bonds is 3. The van der Waals surface area contributed by atoms with Gasteiger partial charge < -0.3 is 9.84 Å². The Balaban J connectivity index is 2.14. The summed E-state index contributed by atoms with van der Waals surface area (Å²) < 4.78 is 5.70. The fraction of sp³-hybridized carbons (Fsp3) is 0.438. The number of allylic oxidation sites excluding steroid dienone is 1. The van der Waals surface area contributed by atoms with Crippen LogP contribution in [0.25, 0.3) is 0 Å². The van der Waals surface area contributed by atoms with E-state index < -0.39 is 0 Å². The molecule has 2 rings (SSSR count). The molecule has 108 valence electrons. The van der Waals surface area contributed by atoms with Gasteiger partial charge in [-0.15, -0.1) is 0 Å². The normalized spacial score (nSPS) is 22.4. The zero-order valence-corrected chi connectivity index (χ0v) is 13.1. The molecule has 1 aromatic carbocycles. The Bertz CT molecular complexity index is 495. The maximum Gasteiger partial charge on any atom is 0.330 e. The van der Waals surface area contributed by atoms with Gasteiger partial charge in [-0.1, -0.05) is 33.6 Å². The van der Waals surface area contributed by atoms with E-state index >= 15 is 0 Å². The Morgan fingerprint density at radius 2 is 1.95 bits per heavy atom. The monoisotopic (exact) mass is 338 g/mol. The molecule has 1 aromatic rings. The summed E-state index contributed by atoms with van der Waals surface area (Å²) in [5, 5.41) is 9.86. The standard InChI is InChI=1S/C16H19BrO3/c1-20-15(19)10-12-6-8-16(11-18,9-7-12)13-2-4-14(17)5-3-13/h2-5,10,18H,6-9,11H2,1H3.